The number of anilines is 1. The van der Waals surface area contributed by atoms with Crippen LogP contribution in [0.2, 0.25) is 0 Å². The van der Waals surface area contributed by atoms with Gasteiger partial charge in [-0.2, -0.15) is 14.4 Å². The van der Waals surface area contributed by atoms with Gasteiger partial charge in [0.2, 0.25) is 15.2 Å². The van der Waals surface area contributed by atoms with Crippen LogP contribution < -0.4 is 5.01 Å². The minimum Gasteiger partial charge on any atom is -0.267 e. The Kier molecular flexibility index (Phi) is 8.24. The van der Waals surface area contributed by atoms with Crippen LogP contribution >= 0.6 is 22.7 Å². The number of hydrazone groups is 1. The maximum absolute atomic E-state index is 13.7. The largest absolute Gasteiger partial charge is 0.280 e. The number of amides is 1. The van der Waals surface area contributed by atoms with E-state index in [0.29, 0.717) is 36.1 Å². The number of nitrogens with zero attached hydrogens (tertiary/aromatic N) is 4. The molecule has 2 aromatic carbocycles. The average molecular weight is 545 g/mol. The van der Waals surface area contributed by atoms with Gasteiger partial charge in [0.05, 0.1) is 21.3 Å². The first kappa shape index (κ1) is 26.1. The number of rotatable bonds is 10. The molecule has 36 heavy (non-hydrogen) atoms. The standard InChI is InChI=1S/C25H25FN4O3S3/c1-3-13-29(14-4-2)36(32,33)21-10-7-18(8-11-21)24(31)30(27-17-20-6-5-15-34-20)25-28-22-12-9-19(26)16-23(22)35-25/h5-12,15-17H,3-4,13-14H2,1-2H3/b27-17+. The van der Waals surface area contributed by atoms with Crippen LogP contribution in [0.1, 0.15) is 41.9 Å². The predicted molar refractivity (Wildman–Crippen MR) is 144 cm³/mol. The number of sulfonamides is 1. The summed E-state index contributed by atoms with van der Waals surface area (Å²) in [5.41, 5.74) is 0.800. The smallest absolute Gasteiger partial charge is 0.267 e. The second-order valence-electron chi connectivity index (χ2n) is 7.91. The molecule has 0 atom stereocenters. The lowest BCUT2D eigenvalue weighted by Crippen LogP contribution is -2.32. The third kappa shape index (κ3) is 5.70. The van der Waals surface area contributed by atoms with Crippen molar-refractivity contribution in [3.05, 3.63) is 76.2 Å². The molecule has 0 aliphatic rings. The lowest BCUT2D eigenvalue weighted by atomic mass is 10.2. The van der Waals surface area contributed by atoms with Crippen molar-refractivity contribution in [2.24, 2.45) is 5.10 Å². The van der Waals surface area contributed by atoms with Crippen LogP contribution in [0, 0.1) is 5.82 Å². The maximum atomic E-state index is 13.7. The van der Waals surface area contributed by atoms with Crippen LogP contribution in [0.4, 0.5) is 9.52 Å². The molecule has 0 aliphatic heterocycles. The van der Waals surface area contributed by atoms with Crippen LogP contribution in [0.25, 0.3) is 10.2 Å². The van der Waals surface area contributed by atoms with Crippen molar-refractivity contribution in [2.45, 2.75) is 31.6 Å². The van der Waals surface area contributed by atoms with Crippen LogP contribution in [-0.2, 0) is 10.0 Å². The summed E-state index contributed by atoms with van der Waals surface area (Å²) in [7, 11) is -3.67. The van der Waals surface area contributed by atoms with Crippen LogP contribution in [0.3, 0.4) is 0 Å². The topological polar surface area (TPSA) is 82.9 Å². The van der Waals surface area contributed by atoms with Gasteiger partial charge in [0.15, 0.2) is 0 Å². The molecule has 0 spiro atoms. The summed E-state index contributed by atoms with van der Waals surface area (Å²) in [6, 6.07) is 13.8. The van der Waals surface area contributed by atoms with E-state index in [0.717, 1.165) is 21.2 Å². The molecule has 4 rings (SSSR count). The second-order valence-corrected chi connectivity index (χ2v) is 11.8. The lowest BCUT2D eigenvalue weighted by molar-refractivity contribution is 0.0987. The van der Waals surface area contributed by atoms with Gasteiger partial charge in [-0.3, -0.25) is 4.79 Å². The molecule has 0 saturated carbocycles. The van der Waals surface area contributed by atoms with Gasteiger partial charge in [-0.15, -0.1) is 11.3 Å². The van der Waals surface area contributed by atoms with E-state index < -0.39 is 21.7 Å². The highest BCUT2D eigenvalue weighted by Crippen LogP contribution is 2.31. The fourth-order valence-electron chi connectivity index (χ4n) is 3.54. The Morgan fingerprint density at radius 1 is 1.08 bits per heavy atom. The van der Waals surface area contributed by atoms with Crippen LogP contribution in [-0.4, -0.2) is 42.9 Å². The van der Waals surface area contributed by atoms with Gasteiger partial charge in [0, 0.05) is 23.5 Å². The highest BCUT2D eigenvalue weighted by atomic mass is 32.2. The second kappa shape index (κ2) is 11.4. The highest BCUT2D eigenvalue weighted by molar-refractivity contribution is 7.89. The van der Waals surface area contributed by atoms with E-state index in [1.165, 1.54) is 52.0 Å². The number of fused-ring (bicyclic) bond motifs is 1. The first-order chi connectivity index (χ1) is 17.3. The van der Waals surface area contributed by atoms with Gasteiger partial charge in [0.1, 0.15) is 5.82 Å². The number of thiazole rings is 1. The first-order valence-corrected chi connectivity index (χ1v) is 14.6. The summed E-state index contributed by atoms with van der Waals surface area (Å²) in [6.45, 7) is 4.73. The van der Waals surface area contributed by atoms with Gasteiger partial charge in [0.25, 0.3) is 5.91 Å². The van der Waals surface area contributed by atoms with Gasteiger partial charge in [-0.25, -0.2) is 17.8 Å². The van der Waals surface area contributed by atoms with Crippen molar-refractivity contribution < 1.29 is 17.6 Å². The predicted octanol–water partition coefficient (Wildman–Crippen LogP) is 5.99. The van der Waals surface area contributed by atoms with E-state index >= 15 is 0 Å². The summed E-state index contributed by atoms with van der Waals surface area (Å²) in [5, 5.41) is 7.71. The summed E-state index contributed by atoms with van der Waals surface area (Å²) < 4.78 is 41.9. The molecule has 1 amide bonds. The number of carbonyl (C=O) groups is 1. The Labute approximate surface area is 217 Å². The Morgan fingerprint density at radius 3 is 2.44 bits per heavy atom. The third-order valence-electron chi connectivity index (χ3n) is 5.24. The van der Waals surface area contributed by atoms with Crippen molar-refractivity contribution in [3.8, 4) is 0 Å². The van der Waals surface area contributed by atoms with Gasteiger partial charge in [-0.1, -0.05) is 31.3 Å². The zero-order valence-corrected chi connectivity index (χ0v) is 22.2. The normalized spacial score (nSPS) is 12.1. The Hall–Kier alpha value is -2.99. The van der Waals surface area contributed by atoms with E-state index in [9.17, 15) is 17.6 Å². The van der Waals surface area contributed by atoms with Gasteiger partial charge in [-0.05, 0) is 66.8 Å². The number of aromatic nitrogens is 1. The van der Waals surface area contributed by atoms with E-state index in [4.69, 9.17) is 0 Å². The fourth-order valence-corrected chi connectivity index (χ4v) is 6.69. The Morgan fingerprint density at radius 2 is 1.81 bits per heavy atom. The van der Waals surface area contributed by atoms with E-state index in [-0.39, 0.29) is 15.6 Å². The van der Waals surface area contributed by atoms with Crippen molar-refractivity contribution >= 4 is 60.2 Å². The minimum absolute atomic E-state index is 0.130. The van der Waals surface area contributed by atoms with E-state index in [1.807, 2.05) is 31.4 Å². The number of carbonyl (C=O) groups excluding carboxylic acids is 1. The molecular formula is C25H25FN4O3S3. The van der Waals surface area contributed by atoms with Crippen molar-refractivity contribution in [3.63, 3.8) is 0 Å². The maximum Gasteiger partial charge on any atom is 0.280 e. The first-order valence-electron chi connectivity index (χ1n) is 11.4. The minimum atomic E-state index is -3.67. The molecule has 4 aromatic rings. The number of benzene rings is 2. The molecule has 0 fully saturated rings. The molecule has 11 heteroatoms. The van der Waals surface area contributed by atoms with Crippen LogP contribution in [0.15, 0.2) is 70.0 Å². The third-order valence-corrected chi connectivity index (χ3v) is 8.95. The zero-order chi connectivity index (χ0) is 25.7. The molecular weight excluding hydrogens is 519 g/mol. The molecule has 0 N–H and O–H groups in total. The SMILES string of the molecule is CCCN(CCC)S(=O)(=O)c1ccc(C(=O)N(/N=C/c2cccs2)c2nc3ccc(F)cc3s2)cc1. The highest BCUT2D eigenvalue weighted by Gasteiger charge is 2.25. The molecule has 2 heterocycles. The molecule has 2 aromatic heterocycles. The fraction of sp³-hybridized carbons (Fsp3) is 0.240. The summed E-state index contributed by atoms with van der Waals surface area (Å²) in [5.74, 6) is -0.875. The molecule has 0 aliphatic carbocycles. The Bertz CT molecular complexity index is 1460. The average Bonchev–Trinajstić information content (AvgIpc) is 3.53. The van der Waals surface area contributed by atoms with Crippen molar-refractivity contribution in [1.82, 2.24) is 9.29 Å². The molecule has 7 nitrogen and oxygen atoms in total. The van der Waals surface area contributed by atoms with Gasteiger partial charge >= 0.3 is 0 Å². The molecule has 0 bridgehead atoms. The zero-order valence-electron chi connectivity index (χ0n) is 19.8. The lowest BCUT2D eigenvalue weighted by Gasteiger charge is -2.21. The molecule has 0 radical (unpaired) electrons. The van der Waals surface area contributed by atoms with E-state index in [2.05, 4.69) is 10.1 Å². The van der Waals surface area contributed by atoms with E-state index in [1.54, 1.807) is 12.3 Å². The number of hydrogen-bond donors (Lipinski definition) is 0. The summed E-state index contributed by atoms with van der Waals surface area (Å²) >= 11 is 2.61. The number of thiophene rings is 1. The van der Waals surface area contributed by atoms with Gasteiger partial charge < -0.3 is 0 Å². The molecule has 188 valence electrons. The summed E-state index contributed by atoms with van der Waals surface area (Å²) in [6.07, 6.45) is 2.97. The van der Waals surface area contributed by atoms with Crippen molar-refractivity contribution in [2.75, 3.05) is 18.1 Å². The van der Waals surface area contributed by atoms with Crippen molar-refractivity contribution in [1.29, 1.82) is 0 Å². The summed E-state index contributed by atoms with van der Waals surface area (Å²) in [4.78, 5) is 18.9. The number of hydrogen-bond acceptors (Lipinski definition) is 7. The Balaban J connectivity index is 1.67. The quantitative estimate of drug-likeness (QED) is 0.181. The molecule has 0 unspecified atom stereocenters. The monoisotopic (exact) mass is 544 g/mol. The van der Waals surface area contributed by atoms with Crippen LogP contribution in [0.5, 0.6) is 0 Å². The number of halogens is 1. The molecule has 0 saturated heterocycles.